The number of hydrogen-bond acceptors (Lipinski definition) is 3. The van der Waals surface area contributed by atoms with Crippen molar-refractivity contribution < 1.29 is 9.53 Å². The zero-order valence-corrected chi connectivity index (χ0v) is 15.5. The average Bonchev–Trinajstić information content (AvgIpc) is 2.61. The highest BCUT2D eigenvalue weighted by molar-refractivity contribution is 5.95. The van der Waals surface area contributed by atoms with E-state index in [2.05, 4.69) is 24.4 Å². The van der Waals surface area contributed by atoms with Gasteiger partial charge in [-0.1, -0.05) is 48.0 Å². The number of carbonyl (C=O) groups excluding carboxylic acids is 1. The number of likely N-dealkylation sites (N-methyl/N-ethyl adjacent to an activating group) is 1. The minimum atomic E-state index is -0.0330. The van der Waals surface area contributed by atoms with Crippen molar-refractivity contribution in [3.8, 4) is 5.75 Å². The normalized spacial score (nSPS) is 10.9. The summed E-state index contributed by atoms with van der Waals surface area (Å²) >= 11 is 0. The molecule has 0 spiro atoms. The van der Waals surface area contributed by atoms with E-state index in [1.165, 1.54) is 5.56 Å². The zero-order valence-electron chi connectivity index (χ0n) is 15.5. The van der Waals surface area contributed by atoms with Gasteiger partial charge >= 0.3 is 0 Å². The first-order valence-corrected chi connectivity index (χ1v) is 8.66. The quantitative estimate of drug-likeness (QED) is 0.725. The molecule has 0 bridgehead atoms. The lowest BCUT2D eigenvalue weighted by Gasteiger charge is -2.18. The van der Waals surface area contributed by atoms with Crippen LogP contribution in [0.25, 0.3) is 10.8 Å². The second-order valence-corrected chi connectivity index (χ2v) is 6.60. The lowest BCUT2D eigenvalue weighted by molar-refractivity contribution is -0.117. The van der Waals surface area contributed by atoms with Crippen LogP contribution in [0.2, 0.25) is 0 Å². The predicted molar refractivity (Wildman–Crippen MR) is 107 cm³/mol. The number of carbonyl (C=O) groups is 1. The standard InChI is InChI=1S/C22H24N2O2/c1-16-8-11-21(26-3)19(12-16)14-24(2)15-22(25)23-20-10-9-17-6-4-5-7-18(17)13-20/h4-13H,14-15H2,1-3H3,(H,23,25). The Hall–Kier alpha value is -2.85. The van der Waals surface area contributed by atoms with Crippen LogP contribution in [-0.2, 0) is 11.3 Å². The maximum absolute atomic E-state index is 12.4. The molecule has 1 amide bonds. The zero-order chi connectivity index (χ0) is 18.5. The topological polar surface area (TPSA) is 41.6 Å². The second-order valence-electron chi connectivity index (χ2n) is 6.60. The molecule has 0 aliphatic heterocycles. The number of hydrogen-bond donors (Lipinski definition) is 1. The highest BCUT2D eigenvalue weighted by Crippen LogP contribution is 2.21. The maximum atomic E-state index is 12.4. The number of nitrogens with zero attached hydrogens (tertiary/aromatic N) is 1. The van der Waals surface area contributed by atoms with E-state index in [9.17, 15) is 4.79 Å². The summed E-state index contributed by atoms with van der Waals surface area (Å²) in [4.78, 5) is 14.4. The van der Waals surface area contributed by atoms with Crippen LogP contribution in [0.1, 0.15) is 11.1 Å². The third-order valence-electron chi connectivity index (χ3n) is 4.32. The average molecular weight is 348 g/mol. The van der Waals surface area contributed by atoms with Gasteiger partial charge in [-0.25, -0.2) is 0 Å². The third-order valence-corrected chi connectivity index (χ3v) is 4.32. The van der Waals surface area contributed by atoms with Crippen molar-refractivity contribution in [2.75, 3.05) is 26.0 Å². The Morgan fingerprint density at radius 2 is 1.81 bits per heavy atom. The van der Waals surface area contributed by atoms with Crippen LogP contribution in [0.15, 0.2) is 60.7 Å². The Morgan fingerprint density at radius 3 is 2.58 bits per heavy atom. The van der Waals surface area contributed by atoms with E-state index in [0.717, 1.165) is 27.8 Å². The second kappa shape index (κ2) is 8.02. The molecule has 0 atom stereocenters. The highest BCUT2D eigenvalue weighted by Gasteiger charge is 2.11. The van der Waals surface area contributed by atoms with Crippen LogP contribution in [-0.4, -0.2) is 31.5 Å². The number of aryl methyl sites for hydroxylation is 1. The Labute approximate surface area is 154 Å². The molecule has 0 unspecified atom stereocenters. The van der Waals surface area contributed by atoms with E-state index in [4.69, 9.17) is 4.74 Å². The molecule has 0 aliphatic carbocycles. The molecular formula is C22H24N2O2. The van der Waals surface area contributed by atoms with Gasteiger partial charge in [0.1, 0.15) is 5.75 Å². The van der Waals surface area contributed by atoms with Gasteiger partial charge in [-0.2, -0.15) is 0 Å². The SMILES string of the molecule is COc1ccc(C)cc1CN(C)CC(=O)Nc1ccc2ccccc2c1. The molecule has 0 saturated carbocycles. The summed E-state index contributed by atoms with van der Waals surface area (Å²) in [7, 11) is 3.60. The monoisotopic (exact) mass is 348 g/mol. The van der Waals surface area contributed by atoms with E-state index >= 15 is 0 Å². The highest BCUT2D eigenvalue weighted by atomic mass is 16.5. The molecule has 26 heavy (non-hydrogen) atoms. The number of methoxy groups -OCH3 is 1. The van der Waals surface area contributed by atoms with Crippen molar-refractivity contribution in [3.63, 3.8) is 0 Å². The smallest absolute Gasteiger partial charge is 0.238 e. The summed E-state index contributed by atoms with van der Waals surface area (Å²) in [6.07, 6.45) is 0. The fourth-order valence-corrected chi connectivity index (χ4v) is 3.09. The van der Waals surface area contributed by atoms with E-state index in [1.807, 2.05) is 60.5 Å². The van der Waals surface area contributed by atoms with Crippen molar-refractivity contribution in [3.05, 3.63) is 71.8 Å². The fraction of sp³-hybridized carbons (Fsp3) is 0.227. The molecule has 0 saturated heterocycles. The lowest BCUT2D eigenvalue weighted by atomic mass is 10.1. The van der Waals surface area contributed by atoms with Gasteiger partial charge in [-0.3, -0.25) is 9.69 Å². The minimum Gasteiger partial charge on any atom is -0.496 e. The lowest BCUT2D eigenvalue weighted by Crippen LogP contribution is -2.30. The minimum absolute atomic E-state index is 0.0330. The van der Waals surface area contributed by atoms with E-state index in [1.54, 1.807) is 7.11 Å². The number of fused-ring (bicyclic) bond motifs is 1. The van der Waals surface area contributed by atoms with E-state index < -0.39 is 0 Å². The van der Waals surface area contributed by atoms with Gasteiger partial charge in [-0.05, 0) is 42.9 Å². The number of anilines is 1. The van der Waals surface area contributed by atoms with Gasteiger partial charge in [0.05, 0.1) is 13.7 Å². The number of benzene rings is 3. The summed E-state index contributed by atoms with van der Waals surface area (Å²) in [6.45, 7) is 3.01. The molecule has 1 N–H and O–H groups in total. The first kappa shape index (κ1) is 18.0. The fourth-order valence-electron chi connectivity index (χ4n) is 3.09. The van der Waals surface area contributed by atoms with Crippen molar-refractivity contribution in [1.29, 1.82) is 0 Å². The van der Waals surface area contributed by atoms with Gasteiger partial charge in [0.2, 0.25) is 5.91 Å². The molecule has 0 heterocycles. The van der Waals surface area contributed by atoms with Crippen LogP contribution in [0.5, 0.6) is 5.75 Å². The molecule has 0 aliphatic rings. The van der Waals surface area contributed by atoms with Crippen LogP contribution in [0.3, 0.4) is 0 Å². The van der Waals surface area contributed by atoms with Crippen LogP contribution < -0.4 is 10.1 Å². The summed E-state index contributed by atoms with van der Waals surface area (Å²) < 4.78 is 5.42. The van der Waals surface area contributed by atoms with Crippen molar-refractivity contribution in [2.24, 2.45) is 0 Å². The van der Waals surface area contributed by atoms with Gasteiger partial charge in [0, 0.05) is 17.8 Å². The van der Waals surface area contributed by atoms with Crippen molar-refractivity contribution in [2.45, 2.75) is 13.5 Å². The predicted octanol–water partition coefficient (Wildman–Crippen LogP) is 4.23. The Balaban J connectivity index is 1.62. The van der Waals surface area contributed by atoms with Gasteiger partial charge in [0.15, 0.2) is 0 Å². The molecule has 0 radical (unpaired) electrons. The van der Waals surface area contributed by atoms with Crippen molar-refractivity contribution in [1.82, 2.24) is 4.90 Å². The molecule has 4 nitrogen and oxygen atoms in total. The molecule has 134 valence electrons. The molecule has 4 heteroatoms. The summed E-state index contributed by atoms with van der Waals surface area (Å²) in [5.41, 5.74) is 3.07. The third kappa shape index (κ3) is 4.41. The van der Waals surface area contributed by atoms with Gasteiger partial charge in [0.25, 0.3) is 0 Å². The molecule has 3 rings (SSSR count). The van der Waals surface area contributed by atoms with Gasteiger partial charge < -0.3 is 10.1 Å². The van der Waals surface area contributed by atoms with E-state index in [-0.39, 0.29) is 5.91 Å². The molecule has 0 aromatic heterocycles. The Bertz CT molecular complexity index is 921. The molecule has 3 aromatic carbocycles. The summed E-state index contributed by atoms with van der Waals surface area (Å²) in [5, 5.41) is 5.25. The van der Waals surface area contributed by atoms with Crippen LogP contribution >= 0.6 is 0 Å². The van der Waals surface area contributed by atoms with Crippen molar-refractivity contribution >= 4 is 22.4 Å². The molecule has 0 fully saturated rings. The summed E-state index contributed by atoms with van der Waals surface area (Å²) in [6, 6.07) is 20.1. The van der Waals surface area contributed by atoms with E-state index in [0.29, 0.717) is 13.1 Å². The number of nitrogens with one attached hydrogen (secondary N) is 1. The first-order chi connectivity index (χ1) is 12.5. The van der Waals surface area contributed by atoms with Crippen LogP contribution in [0.4, 0.5) is 5.69 Å². The maximum Gasteiger partial charge on any atom is 0.238 e. The molecular weight excluding hydrogens is 324 g/mol. The summed E-state index contributed by atoms with van der Waals surface area (Å²) in [5.74, 6) is 0.812. The number of ether oxygens (including phenoxy) is 1. The number of rotatable bonds is 6. The van der Waals surface area contributed by atoms with Crippen LogP contribution in [0, 0.1) is 6.92 Å². The molecule has 3 aromatic rings. The first-order valence-electron chi connectivity index (χ1n) is 8.66. The largest absolute Gasteiger partial charge is 0.496 e. The number of amides is 1. The Kier molecular flexibility index (Phi) is 5.54. The Morgan fingerprint density at radius 1 is 1.04 bits per heavy atom. The van der Waals surface area contributed by atoms with Gasteiger partial charge in [-0.15, -0.1) is 0 Å².